The molecule has 2 aromatic rings. The Kier molecular flexibility index (Phi) is 4.96. The smallest absolute Gasteiger partial charge is 0.257 e. The van der Waals surface area contributed by atoms with Crippen LogP contribution >= 0.6 is 0 Å². The molecule has 3 heterocycles. The molecular weight excluding hydrogens is 383 g/mol. The molecule has 2 aliphatic rings. The van der Waals surface area contributed by atoms with E-state index in [-0.39, 0.29) is 29.3 Å². The van der Waals surface area contributed by atoms with Crippen LogP contribution in [0, 0.1) is 12.7 Å². The zero-order valence-electron chi connectivity index (χ0n) is 15.7. The second-order valence-corrected chi connectivity index (χ2v) is 9.65. The third-order valence-electron chi connectivity index (χ3n) is 5.64. The first-order valence-corrected chi connectivity index (χ1v) is 11.2. The van der Waals surface area contributed by atoms with E-state index in [2.05, 4.69) is 10.00 Å². The summed E-state index contributed by atoms with van der Waals surface area (Å²) in [6.45, 7) is 4.31. The van der Waals surface area contributed by atoms with Crippen molar-refractivity contribution in [1.29, 1.82) is 0 Å². The number of nitrogens with zero attached hydrogens (tertiary/aromatic N) is 4. The van der Waals surface area contributed by atoms with Gasteiger partial charge < -0.3 is 4.90 Å². The molecule has 9 heteroatoms. The van der Waals surface area contributed by atoms with Gasteiger partial charge >= 0.3 is 0 Å². The Morgan fingerprint density at radius 2 is 1.82 bits per heavy atom. The Labute approximate surface area is 163 Å². The molecule has 1 atom stereocenters. The van der Waals surface area contributed by atoms with Gasteiger partial charge in [-0.05, 0) is 37.6 Å². The summed E-state index contributed by atoms with van der Waals surface area (Å²) in [6.07, 6.45) is 2.23. The van der Waals surface area contributed by atoms with E-state index in [1.807, 2.05) is 6.92 Å². The highest BCUT2D eigenvalue weighted by Gasteiger charge is 2.34. The maximum absolute atomic E-state index is 13.1. The zero-order valence-corrected chi connectivity index (χ0v) is 16.5. The molecule has 0 spiro atoms. The van der Waals surface area contributed by atoms with Crippen molar-refractivity contribution in [3.8, 4) is 5.69 Å². The summed E-state index contributed by atoms with van der Waals surface area (Å²) < 4.78 is 38.2. The van der Waals surface area contributed by atoms with Gasteiger partial charge in [0.1, 0.15) is 5.82 Å². The summed E-state index contributed by atoms with van der Waals surface area (Å²) in [5, 5.41) is 4.30. The van der Waals surface area contributed by atoms with Crippen molar-refractivity contribution in [3.05, 3.63) is 47.5 Å². The lowest BCUT2D eigenvalue weighted by Crippen LogP contribution is -2.52. The summed E-state index contributed by atoms with van der Waals surface area (Å²) in [5.41, 5.74) is 1.94. The molecule has 150 valence electrons. The number of amides is 1. The van der Waals surface area contributed by atoms with Gasteiger partial charge in [0, 0.05) is 32.2 Å². The third-order valence-corrected chi connectivity index (χ3v) is 7.39. The predicted octanol–water partition coefficient (Wildman–Crippen LogP) is 1.26. The van der Waals surface area contributed by atoms with Gasteiger partial charge in [-0.3, -0.25) is 9.69 Å². The van der Waals surface area contributed by atoms with Gasteiger partial charge in [-0.1, -0.05) is 0 Å². The molecule has 2 aliphatic heterocycles. The molecule has 1 aromatic heterocycles. The first-order valence-electron chi connectivity index (χ1n) is 9.38. The maximum Gasteiger partial charge on any atom is 0.257 e. The standard InChI is InChI=1S/C19H23FN4O3S/c1-14-18(12-21-24(14)16-4-2-15(20)3-5-16)19(25)23-9-7-22(8-10-23)17-6-11-28(26,27)13-17/h2-5,12,17H,6-11,13H2,1H3. The second kappa shape index (κ2) is 7.29. The number of hydrogen-bond donors (Lipinski definition) is 0. The van der Waals surface area contributed by atoms with Crippen molar-refractivity contribution in [2.24, 2.45) is 0 Å². The number of carbonyl (C=O) groups excluding carboxylic acids is 1. The number of hydrogen-bond acceptors (Lipinski definition) is 5. The first kappa shape index (κ1) is 19.1. The van der Waals surface area contributed by atoms with E-state index in [0.717, 1.165) is 0 Å². The lowest BCUT2D eigenvalue weighted by Gasteiger charge is -2.37. The van der Waals surface area contributed by atoms with E-state index >= 15 is 0 Å². The highest BCUT2D eigenvalue weighted by molar-refractivity contribution is 7.91. The lowest BCUT2D eigenvalue weighted by atomic mass is 10.1. The predicted molar refractivity (Wildman–Crippen MR) is 103 cm³/mol. The summed E-state index contributed by atoms with van der Waals surface area (Å²) >= 11 is 0. The normalized spacial score (nSPS) is 22.5. The maximum atomic E-state index is 13.1. The molecule has 0 saturated carbocycles. The number of halogens is 1. The van der Waals surface area contributed by atoms with Gasteiger partial charge in [-0.15, -0.1) is 0 Å². The minimum atomic E-state index is -2.91. The molecule has 0 bridgehead atoms. The highest BCUT2D eigenvalue weighted by atomic mass is 32.2. The van der Waals surface area contributed by atoms with Crippen LogP contribution < -0.4 is 0 Å². The molecule has 1 unspecified atom stereocenters. The number of aromatic nitrogens is 2. The minimum Gasteiger partial charge on any atom is -0.336 e. The number of piperazine rings is 1. The average Bonchev–Trinajstić information content (AvgIpc) is 3.24. The quantitative estimate of drug-likeness (QED) is 0.767. The van der Waals surface area contributed by atoms with Crippen LogP contribution in [0.15, 0.2) is 30.5 Å². The van der Waals surface area contributed by atoms with Gasteiger partial charge in [0.05, 0.1) is 34.6 Å². The molecule has 0 aliphatic carbocycles. The van der Waals surface area contributed by atoms with E-state index in [9.17, 15) is 17.6 Å². The van der Waals surface area contributed by atoms with Crippen LogP contribution in [0.3, 0.4) is 0 Å². The van der Waals surface area contributed by atoms with E-state index in [4.69, 9.17) is 0 Å². The summed E-state index contributed by atoms with van der Waals surface area (Å²) in [5.74, 6) is 0.0886. The van der Waals surface area contributed by atoms with Crippen LogP contribution in [0.2, 0.25) is 0 Å². The van der Waals surface area contributed by atoms with Crippen molar-refractivity contribution in [1.82, 2.24) is 19.6 Å². The molecule has 28 heavy (non-hydrogen) atoms. The Bertz CT molecular complexity index is 979. The molecule has 1 aromatic carbocycles. The fourth-order valence-corrected chi connectivity index (χ4v) is 5.75. The van der Waals surface area contributed by atoms with E-state index in [0.29, 0.717) is 49.5 Å². The van der Waals surface area contributed by atoms with Gasteiger partial charge in [0.15, 0.2) is 9.84 Å². The summed E-state index contributed by atoms with van der Waals surface area (Å²) in [4.78, 5) is 16.9. The van der Waals surface area contributed by atoms with Gasteiger partial charge in [-0.25, -0.2) is 17.5 Å². The first-order chi connectivity index (χ1) is 13.3. The van der Waals surface area contributed by atoms with Crippen LogP contribution in [-0.4, -0.2) is 77.6 Å². The molecule has 0 radical (unpaired) electrons. The number of carbonyl (C=O) groups is 1. The Balaban J connectivity index is 1.43. The third kappa shape index (κ3) is 3.68. The molecule has 7 nitrogen and oxygen atoms in total. The van der Waals surface area contributed by atoms with Crippen LogP contribution in [0.5, 0.6) is 0 Å². The highest BCUT2D eigenvalue weighted by Crippen LogP contribution is 2.21. The van der Waals surface area contributed by atoms with Gasteiger partial charge in [-0.2, -0.15) is 5.10 Å². The SMILES string of the molecule is Cc1c(C(=O)N2CCN(C3CCS(=O)(=O)C3)CC2)cnn1-c1ccc(F)cc1. The monoisotopic (exact) mass is 406 g/mol. The molecule has 4 rings (SSSR count). The van der Waals surface area contributed by atoms with Crippen molar-refractivity contribution >= 4 is 15.7 Å². The summed E-state index contributed by atoms with van der Waals surface area (Å²) in [6, 6.07) is 6.04. The van der Waals surface area contributed by atoms with Crippen LogP contribution in [0.25, 0.3) is 5.69 Å². The van der Waals surface area contributed by atoms with E-state index in [1.54, 1.807) is 27.9 Å². The molecule has 2 saturated heterocycles. The van der Waals surface area contributed by atoms with Crippen molar-refractivity contribution in [2.75, 3.05) is 37.7 Å². The van der Waals surface area contributed by atoms with Crippen molar-refractivity contribution in [3.63, 3.8) is 0 Å². The zero-order chi connectivity index (χ0) is 19.9. The van der Waals surface area contributed by atoms with Crippen LogP contribution in [0.1, 0.15) is 22.5 Å². The molecule has 1 amide bonds. The molecular formula is C19H23FN4O3S. The fourth-order valence-electron chi connectivity index (χ4n) is 3.99. The van der Waals surface area contributed by atoms with Crippen LogP contribution in [-0.2, 0) is 9.84 Å². The van der Waals surface area contributed by atoms with E-state index < -0.39 is 9.84 Å². The molecule has 0 N–H and O–H groups in total. The number of rotatable bonds is 3. The van der Waals surface area contributed by atoms with Crippen molar-refractivity contribution in [2.45, 2.75) is 19.4 Å². The van der Waals surface area contributed by atoms with Gasteiger partial charge in [0.25, 0.3) is 5.91 Å². The summed E-state index contributed by atoms with van der Waals surface area (Å²) in [7, 11) is -2.91. The second-order valence-electron chi connectivity index (χ2n) is 7.42. The Hall–Kier alpha value is -2.26. The van der Waals surface area contributed by atoms with Crippen molar-refractivity contribution < 1.29 is 17.6 Å². The Morgan fingerprint density at radius 3 is 2.43 bits per heavy atom. The topological polar surface area (TPSA) is 75.5 Å². The van der Waals surface area contributed by atoms with Gasteiger partial charge in [0.2, 0.25) is 0 Å². The van der Waals surface area contributed by atoms with Crippen LogP contribution in [0.4, 0.5) is 4.39 Å². The minimum absolute atomic E-state index is 0.0743. The lowest BCUT2D eigenvalue weighted by molar-refractivity contribution is 0.0587. The van der Waals surface area contributed by atoms with E-state index in [1.165, 1.54) is 12.1 Å². The number of benzene rings is 1. The largest absolute Gasteiger partial charge is 0.336 e. The Morgan fingerprint density at radius 1 is 1.14 bits per heavy atom. The molecule has 2 fully saturated rings. The average molecular weight is 406 g/mol. The number of sulfone groups is 1. The fraction of sp³-hybridized carbons (Fsp3) is 0.474.